The summed E-state index contributed by atoms with van der Waals surface area (Å²) in [5.74, 6) is -0.491. The van der Waals surface area contributed by atoms with Crippen LogP contribution in [-0.4, -0.2) is 18.2 Å². The van der Waals surface area contributed by atoms with Crippen molar-refractivity contribution >= 4 is 12.0 Å². The molecule has 0 radical (unpaired) electrons. The van der Waals surface area contributed by atoms with E-state index in [1.54, 1.807) is 19.1 Å². The molecule has 4 nitrogen and oxygen atoms in total. The summed E-state index contributed by atoms with van der Waals surface area (Å²) in [7, 11) is 1.50. The van der Waals surface area contributed by atoms with Crippen LogP contribution in [0.3, 0.4) is 0 Å². The van der Waals surface area contributed by atoms with Crippen molar-refractivity contribution in [1.82, 2.24) is 0 Å². The van der Waals surface area contributed by atoms with Crippen molar-refractivity contribution in [2.24, 2.45) is 0 Å². The highest BCUT2D eigenvalue weighted by molar-refractivity contribution is 5.86. The molecule has 0 saturated heterocycles. The first-order valence-electron chi connectivity index (χ1n) is 4.58. The third-order valence-corrected chi connectivity index (χ3v) is 2.10. The van der Waals surface area contributed by atoms with Crippen LogP contribution in [0.25, 0.3) is 6.08 Å². The topological polar surface area (TPSA) is 70.3 Å². The molecule has 0 bridgehead atoms. The van der Waals surface area contributed by atoms with Gasteiger partial charge in [-0.05, 0) is 30.7 Å². The predicted octanol–water partition coefficient (Wildman–Crippen LogP) is 1.97. The van der Waals surface area contributed by atoms with Crippen LogP contribution in [0.2, 0.25) is 0 Å². The summed E-state index contributed by atoms with van der Waals surface area (Å²) in [5.41, 5.74) is 1.88. The van der Waals surface area contributed by atoms with Crippen LogP contribution < -0.4 is 4.74 Å². The molecule has 1 N–H and O–H groups in total. The molecule has 0 amide bonds. The van der Waals surface area contributed by atoms with E-state index in [-0.39, 0.29) is 0 Å². The summed E-state index contributed by atoms with van der Waals surface area (Å²) in [6, 6.07) is 5.35. The van der Waals surface area contributed by atoms with Crippen molar-refractivity contribution in [1.29, 1.82) is 5.26 Å². The Labute approximate surface area is 93.4 Å². The zero-order chi connectivity index (χ0) is 12.1. The maximum absolute atomic E-state index is 10.4. The minimum atomic E-state index is -1.04. The minimum Gasteiger partial charge on any atom is -0.496 e. The predicted molar refractivity (Wildman–Crippen MR) is 59.1 cm³/mol. The summed E-state index contributed by atoms with van der Waals surface area (Å²) < 4.78 is 5.10. The molecule has 0 aliphatic heterocycles. The lowest BCUT2D eigenvalue weighted by Crippen LogP contribution is -1.92. The molecule has 1 aromatic rings. The lowest BCUT2D eigenvalue weighted by atomic mass is 10.0. The maximum Gasteiger partial charge on any atom is 0.328 e. The molecule has 16 heavy (non-hydrogen) atoms. The van der Waals surface area contributed by atoms with Gasteiger partial charge in [0.2, 0.25) is 0 Å². The fraction of sp³-hybridized carbons (Fsp3) is 0.167. The van der Waals surface area contributed by atoms with E-state index < -0.39 is 5.97 Å². The van der Waals surface area contributed by atoms with Gasteiger partial charge in [0.05, 0.1) is 18.7 Å². The standard InChI is InChI=1S/C12H11NO3/c1-8-5-11(16-2)9(3-4-12(14)15)6-10(8)7-13/h3-6H,1-2H3,(H,14,15)/b4-3+. The number of carboxylic acid groups (broad SMARTS) is 1. The Morgan fingerprint density at radius 1 is 1.56 bits per heavy atom. The Hall–Kier alpha value is -2.28. The molecule has 82 valence electrons. The summed E-state index contributed by atoms with van der Waals surface area (Å²) in [4.78, 5) is 10.4. The molecule has 0 aliphatic carbocycles. The van der Waals surface area contributed by atoms with E-state index in [2.05, 4.69) is 0 Å². The first-order valence-corrected chi connectivity index (χ1v) is 4.58. The highest BCUT2D eigenvalue weighted by Gasteiger charge is 2.05. The van der Waals surface area contributed by atoms with Gasteiger partial charge in [-0.25, -0.2) is 4.79 Å². The van der Waals surface area contributed by atoms with Gasteiger partial charge in [-0.15, -0.1) is 0 Å². The van der Waals surface area contributed by atoms with E-state index in [9.17, 15) is 4.79 Å². The van der Waals surface area contributed by atoms with Gasteiger partial charge in [-0.3, -0.25) is 0 Å². The largest absolute Gasteiger partial charge is 0.496 e. The van der Waals surface area contributed by atoms with Gasteiger partial charge in [-0.1, -0.05) is 0 Å². The van der Waals surface area contributed by atoms with Gasteiger partial charge < -0.3 is 9.84 Å². The van der Waals surface area contributed by atoms with E-state index in [0.29, 0.717) is 16.9 Å². The number of ether oxygens (including phenoxy) is 1. The Kier molecular flexibility index (Phi) is 3.67. The molecular weight excluding hydrogens is 206 g/mol. The molecule has 1 rings (SSSR count). The van der Waals surface area contributed by atoms with Gasteiger partial charge in [0.25, 0.3) is 0 Å². The Morgan fingerprint density at radius 2 is 2.25 bits per heavy atom. The second-order valence-corrected chi connectivity index (χ2v) is 3.19. The van der Waals surface area contributed by atoms with Crippen molar-refractivity contribution < 1.29 is 14.6 Å². The number of rotatable bonds is 3. The van der Waals surface area contributed by atoms with E-state index in [4.69, 9.17) is 15.1 Å². The van der Waals surface area contributed by atoms with Crippen LogP contribution in [0, 0.1) is 18.3 Å². The monoisotopic (exact) mass is 217 g/mol. The average molecular weight is 217 g/mol. The smallest absolute Gasteiger partial charge is 0.328 e. The highest BCUT2D eigenvalue weighted by Crippen LogP contribution is 2.24. The van der Waals surface area contributed by atoms with Gasteiger partial charge in [0, 0.05) is 11.6 Å². The van der Waals surface area contributed by atoms with Crippen molar-refractivity contribution in [2.45, 2.75) is 6.92 Å². The van der Waals surface area contributed by atoms with Crippen molar-refractivity contribution in [3.05, 3.63) is 34.9 Å². The summed E-state index contributed by atoms with van der Waals surface area (Å²) in [5, 5.41) is 17.4. The number of carboxylic acids is 1. The van der Waals surface area contributed by atoms with Crippen LogP contribution in [0.1, 0.15) is 16.7 Å². The zero-order valence-electron chi connectivity index (χ0n) is 9.02. The Balaban J connectivity index is 3.26. The molecule has 1 aromatic carbocycles. The van der Waals surface area contributed by atoms with Crippen LogP contribution in [-0.2, 0) is 4.79 Å². The van der Waals surface area contributed by atoms with Crippen LogP contribution in [0.5, 0.6) is 5.75 Å². The molecular formula is C12H11NO3. The number of hydrogen-bond donors (Lipinski definition) is 1. The van der Waals surface area contributed by atoms with Crippen molar-refractivity contribution in [3.63, 3.8) is 0 Å². The van der Waals surface area contributed by atoms with Gasteiger partial charge in [-0.2, -0.15) is 5.26 Å². The normalized spacial score (nSPS) is 10.1. The summed E-state index contributed by atoms with van der Waals surface area (Å²) in [6.45, 7) is 1.80. The molecule has 0 saturated carbocycles. The second kappa shape index (κ2) is 4.99. The first kappa shape index (κ1) is 11.8. The quantitative estimate of drug-likeness (QED) is 0.786. The summed E-state index contributed by atoms with van der Waals surface area (Å²) in [6.07, 6.45) is 2.41. The Morgan fingerprint density at radius 3 is 2.75 bits per heavy atom. The number of methoxy groups -OCH3 is 1. The number of benzene rings is 1. The molecule has 0 spiro atoms. The third-order valence-electron chi connectivity index (χ3n) is 2.10. The Bertz CT molecular complexity index is 484. The lowest BCUT2D eigenvalue weighted by Gasteiger charge is -2.07. The van der Waals surface area contributed by atoms with Gasteiger partial charge in [0.15, 0.2) is 0 Å². The fourth-order valence-corrected chi connectivity index (χ4v) is 1.29. The van der Waals surface area contributed by atoms with Crippen LogP contribution >= 0.6 is 0 Å². The lowest BCUT2D eigenvalue weighted by molar-refractivity contribution is -0.131. The van der Waals surface area contributed by atoms with Gasteiger partial charge in [0.1, 0.15) is 5.75 Å². The van der Waals surface area contributed by atoms with Crippen LogP contribution in [0.4, 0.5) is 0 Å². The van der Waals surface area contributed by atoms with Gasteiger partial charge >= 0.3 is 5.97 Å². The van der Waals surface area contributed by atoms with E-state index in [0.717, 1.165) is 11.6 Å². The number of aliphatic carboxylic acids is 1. The van der Waals surface area contributed by atoms with E-state index in [1.165, 1.54) is 13.2 Å². The van der Waals surface area contributed by atoms with Crippen LogP contribution in [0.15, 0.2) is 18.2 Å². The number of nitriles is 1. The third kappa shape index (κ3) is 2.61. The maximum atomic E-state index is 10.4. The minimum absolute atomic E-state index is 0.505. The summed E-state index contributed by atoms with van der Waals surface area (Å²) >= 11 is 0. The second-order valence-electron chi connectivity index (χ2n) is 3.19. The molecule has 0 heterocycles. The molecule has 0 aliphatic rings. The highest BCUT2D eigenvalue weighted by atomic mass is 16.5. The van der Waals surface area contributed by atoms with E-state index >= 15 is 0 Å². The number of hydrogen-bond acceptors (Lipinski definition) is 3. The molecule has 0 unspecified atom stereocenters. The SMILES string of the molecule is COc1cc(C)c(C#N)cc1/C=C/C(=O)O. The van der Waals surface area contributed by atoms with E-state index in [1.807, 2.05) is 6.07 Å². The first-order chi connectivity index (χ1) is 7.58. The fourth-order valence-electron chi connectivity index (χ4n) is 1.29. The molecule has 0 atom stereocenters. The van der Waals surface area contributed by atoms with Crippen molar-refractivity contribution in [3.8, 4) is 11.8 Å². The number of nitrogens with zero attached hydrogens (tertiary/aromatic N) is 1. The van der Waals surface area contributed by atoms with Crippen molar-refractivity contribution in [2.75, 3.05) is 7.11 Å². The number of aryl methyl sites for hydroxylation is 1. The average Bonchev–Trinajstić information content (AvgIpc) is 2.26. The molecule has 0 fully saturated rings. The molecule has 4 heteroatoms. The number of carbonyl (C=O) groups is 1. The zero-order valence-corrected chi connectivity index (χ0v) is 9.02. The molecule has 0 aromatic heterocycles.